The van der Waals surface area contributed by atoms with E-state index in [0.29, 0.717) is 11.3 Å². The number of hydrogen-bond donors (Lipinski definition) is 1. The number of carbonyl (C=O) groups is 1. The average molecular weight is 451 g/mol. The summed E-state index contributed by atoms with van der Waals surface area (Å²) in [5, 5.41) is 4.00. The Morgan fingerprint density at radius 3 is 2.06 bits per heavy atom. The summed E-state index contributed by atoms with van der Waals surface area (Å²) >= 11 is 0. The highest BCUT2D eigenvalue weighted by molar-refractivity contribution is 7.92. The molecular weight excluding hydrogens is 424 g/mol. The number of anilines is 2. The molecule has 32 heavy (non-hydrogen) atoms. The largest absolute Gasteiger partial charge is 0.378 e. The maximum Gasteiger partial charge on any atom is 0.271 e. The molecule has 3 rings (SSSR count). The van der Waals surface area contributed by atoms with Crippen LogP contribution in [0.2, 0.25) is 0 Å². The van der Waals surface area contributed by atoms with E-state index in [9.17, 15) is 13.2 Å². The van der Waals surface area contributed by atoms with Crippen LogP contribution < -0.4 is 14.6 Å². The van der Waals surface area contributed by atoms with Crippen molar-refractivity contribution in [1.82, 2.24) is 5.43 Å². The molecule has 1 N–H and O–H groups in total. The quantitative estimate of drug-likeness (QED) is 0.421. The van der Waals surface area contributed by atoms with Crippen LogP contribution in [0.3, 0.4) is 0 Å². The van der Waals surface area contributed by atoms with Gasteiger partial charge in [-0.25, -0.2) is 13.8 Å². The molecule has 0 fully saturated rings. The Kier molecular flexibility index (Phi) is 7.27. The Hall–Kier alpha value is -3.65. The Bertz CT molecular complexity index is 1170. The van der Waals surface area contributed by atoms with Crippen molar-refractivity contribution in [2.45, 2.75) is 6.54 Å². The second-order valence-corrected chi connectivity index (χ2v) is 9.39. The van der Waals surface area contributed by atoms with Crippen LogP contribution in [0.1, 0.15) is 21.5 Å². The first-order chi connectivity index (χ1) is 15.2. The first kappa shape index (κ1) is 23.0. The van der Waals surface area contributed by atoms with E-state index in [1.807, 2.05) is 73.6 Å². The Labute approximate surface area is 189 Å². The van der Waals surface area contributed by atoms with Gasteiger partial charge in [0.05, 0.1) is 24.7 Å². The molecule has 1 amide bonds. The zero-order valence-corrected chi connectivity index (χ0v) is 19.1. The summed E-state index contributed by atoms with van der Waals surface area (Å²) in [5.41, 5.74) is 6.15. The SMILES string of the molecule is CN(C)c1ccc(/C=N/NC(=O)c2ccc(N(Cc3ccccc3)S(C)(=O)=O)cc2)cc1. The van der Waals surface area contributed by atoms with Gasteiger partial charge in [0.2, 0.25) is 10.0 Å². The van der Waals surface area contributed by atoms with Gasteiger partial charge < -0.3 is 4.90 Å². The molecule has 0 saturated heterocycles. The van der Waals surface area contributed by atoms with Gasteiger partial charge in [0.15, 0.2) is 0 Å². The standard InChI is InChI=1S/C24H26N4O3S/c1-27(2)22-13-9-19(10-14-22)17-25-26-24(29)21-11-15-23(16-12-21)28(32(3,30)31)18-20-7-5-4-6-8-20/h4-17H,18H2,1-3H3,(H,26,29)/b25-17+. The van der Waals surface area contributed by atoms with Crippen LogP contribution >= 0.6 is 0 Å². The zero-order valence-electron chi connectivity index (χ0n) is 18.3. The number of hydrogen-bond acceptors (Lipinski definition) is 5. The first-order valence-corrected chi connectivity index (χ1v) is 11.8. The number of hydrazone groups is 1. The van der Waals surface area contributed by atoms with Gasteiger partial charge in [-0.05, 0) is 47.5 Å². The van der Waals surface area contributed by atoms with E-state index in [-0.39, 0.29) is 12.5 Å². The second kappa shape index (κ2) is 10.1. The topological polar surface area (TPSA) is 82.1 Å². The molecule has 0 aliphatic rings. The molecule has 0 atom stereocenters. The number of sulfonamides is 1. The van der Waals surface area contributed by atoms with E-state index in [1.54, 1.807) is 30.5 Å². The lowest BCUT2D eigenvalue weighted by molar-refractivity contribution is 0.0955. The van der Waals surface area contributed by atoms with Crippen molar-refractivity contribution >= 4 is 33.5 Å². The number of benzene rings is 3. The van der Waals surface area contributed by atoms with E-state index in [2.05, 4.69) is 10.5 Å². The summed E-state index contributed by atoms with van der Waals surface area (Å²) in [5.74, 6) is -0.383. The van der Waals surface area contributed by atoms with E-state index < -0.39 is 10.0 Å². The van der Waals surface area contributed by atoms with Crippen molar-refractivity contribution < 1.29 is 13.2 Å². The summed E-state index contributed by atoms with van der Waals surface area (Å²) in [7, 11) is 0.431. The molecule has 166 valence electrons. The van der Waals surface area contributed by atoms with Gasteiger partial charge in [0.25, 0.3) is 5.91 Å². The summed E-state index contributed by atoms with van der Waals surface area (Å²) in [6, 6.07) is 23.5. The van der Waals surface area contributed by atoms with Crippen LogP contribution in [0.4, 0.5) is 11.4 Å². The number of nitrogens with zero attached hydrogens (tertiary/aromatic N) is 3. The van der Waals surface area contributed by atoms with Crippen LogP contribution in [-0.4, -0.2) is 40.9 Å². The van der Waals surface area contributed by atoms with Crippen molar-refractivity contribution in [3.05, 3.63) is 95.6 Å². The average Bonchev–Trinajstić information content (AvgIpc) is 2.78. The highest BCUT2D eigenvalue weighted by Gasteiger charge is 2.18. The van der Waals surface area contributed by atoms with Crippen molar-refractivity contribution in [3.63, 3.8) is 0 Å². The fourth-order valence-corrected chi connectivity index (χ4v) is 3.91. The maximum atomic E-state index is 12.4. The predicted octanol–water partition coefficient (Wildman–Crippen LogP) is 3.48. The van der Waals surface area contributed by atoms with Crippen molar-refractivity contribution in [1.29, 1.82) is 0 Å². The predicted molar refractivity (Wildman–Crippen MR) is 130 cm³/mol. The summed E-state index contributed by atoms with van der Waals surface area (Å²) in [4.78, 5) is 14.4. The summed E-state index contributed by atoms with van der Waals surface area (Å²) < 4.78 is 25.9. The van der Waals surface area contributed by atoms with Crippen LogP contribution in [0, 0.1) is 0 Å². The molecule has 0 radical (unpaired) electrons. The van der Waals surface area contributed by atoms with Crippen molar-refractivity contribution in [3.8, 4) is 0 Å². The minimum absolute atomic E-state index is 0.210. The molecule has 8 heteroatoms. The molecule has 0 bridgehead atoms. The molecule has 0 aliphatic heterocycles. The minimum atomic E-state index is -3.50. The molecule has 0 heterocycles. The Morgan fingerprint density at radius 2 is 1.50 bits per heavy atom. The third-order valence-electron chi connectivity index (χ3n) is 4.78. The number of rotatable bonds is 8. The molecule has 0 saturated carbocycles. The molecule has 3 aromatic rings. The Balaban J connectivity index is 1.67. The van der Waals surface area contributed by atoms with Crippen LogP contribution in [0.15, 0.2) is 84.0 Å². The highest BCUT2D eigenvalue weighted by atomic mass is 32.2. The van der Waals surface area contributed by atoms with Gasteiger partial charge in [-0.3, -0.25) is 9.10 Å². The van der Waals surface area contributed by atoms with Crippen LogP contribution in [-0.2, 0) is 16.6 Å². The van der Waals surface area contributed by atoms with Crippen molar-refractivity contribution in [2.24, 2.45) is 5.10 Å². The molecule has 0 aromatic heterocycles. The summed E-state index contributed by atoms with van der Waals surface area (Å²) in [6.07, 6.45) is 2.73. The van der Waals surface area contributed by atoms with Crippen LogP contribution in [0.25, 0.3) is 0 Å². The van der Waals surface area contributed by atoms with Crippen molar-refractivity contribution in [2.75, 3.05) is 29.6 Å². The fraction of sp³-hybridized carbons (Fsp3) is 0.167. The number of carbonyl (C=O) groups excluding carboxylic acids is 1. The Morgan fingerprint density at radius 1 is 0.906 bits per heavy atom. The fourth-order valence-electron chi connectivity index (χ4n) is 3.02. The molecular formula is C24H26N4O3S. The van der Waals surface area contributed by atoms with Gasteiger partial charge in [-0.1, -0.05) is 42.5 Å². The number of amides is 1. The molecule has 0 spiro atoms. The van der Waals surface area contributed by atoms with Gasteiger partial charge in [-0.2, -0.15) is 5.10 Å². The lowest BCUT2D eigenvalue weighted by Gasteiger charge is -2.22. The van der Waals surface area contributed by atoms with Crippen LogP contribution in [0.5, 0.6) is 0 Å². The molecule has 0 aliphatic carbocycles. The van der Waals surface area contributed by atoms with Gasteiger partial charge in [0, 0.05) is 25.3 Å². The smallest absolute Gasteiger partial charge is 0.271 e. The third kappa shape index (κ3) is 6.18. The maximum absolute atomic E-state index is 12.4. The zero-order chi connectivity index (χ0) is 23.1. The minimum Gasteiger partial charge on any atom is -0.378 e. The van der Waals surface area contributed by atoms with Gasteiger partial charge >= 0.3 is 0 Å². The number of nitrogens with one attached hydrogen (secondary N) is 1. The first-order valence-electron chi connectivity index (χ1n) is 9.96. The normalized spacial score (nSPS) is 11.3. The molecule has 7 nitrogen and oxygen atoms in total. The highest BCUT2D eigenvalue weighted by Crippen LogP contribution is 2.21. The lowest BCUT2D eigenvalue weighted by atomic mass is 10.2. The van der Waals surface area contributed by atoms with Gasteiger partial charge in [-0.15, -0.1) is 0 Å². The second-order valence-electron chi connectivity index (χ2n) is 7.49. The third-order valence-corrected chi connectivity index (χ3v) is 5.92. The summed E-state index contributed by atoms with van der Waals surface area (Å²) in [6.45, 7) is 0.210. The van der Waals surface area contributed by atoms with E-state index in [0.717, 1.165) is 23.1 Å². The molecule has 3 aromatic carbocycles. The monoisotopic (exact) mass is 450 g/mol. The van der Waals surface area contributed by atoms with E-state index in [1.165, 1.54) is 4.31 Å². The molecule has 0 unspecified atom stereocenters. The lowest BCUT2D eigenvalue weighted by Crippen LogP contribution is -2.29. The van der Waals surface area contributed by atoms with Gasteiger partial charge in [0.1, 0.15) is 0 Å². The van der Waals surface area contributed by atoms with E-state index in [4.69, 9.17) is 0 Å². The van der Waals surface area contributed by atoms with E-state index >= 15 is 0 Å².